The van der Waals surface area contributed by atoms with Crippen molar-refractivity contribution in [2.75, 3.05) is 4.90 Å². The zero-order chi connectivity index (χ0) is 34.6. The fraction of sp³-hybridized carbons (Fsp3) is 0.109. The summed E-state index contributed by atoms with van der Waals surface area (Å²) in [5.41, 5.74) is 11.9. The SMILES string of the molecule is CC1CC=CC2=C1N(c1cc(C#N)c(C#N)cc1-c1ccccc1-c1cccc(-n3c4ccccc4c4ccccc43)c1)C1C=CC(C#N)=CC21. The predicted molar refractivity (Wildman–Crippen MR) is 204 cm³/mol. The molecular formula is C46H31N5. The van der Waals surface area contributed by atoms with Crippen molar-refractivity contribution in [1.29, 1.82) is 15.8 Å². The minimum absolute atomic E-state index is 0.00539. The number of nitriles is 3. The van der Waals surface area contributed by atoms with Crippen LogP contribution in [0.4, 0.5) is 5.69 Å². The number of hydrogen-bond acceptors (Lipinski definition) is 4. The second kappa shape index (κ2) is 11.9. The molecule has 6 aromatic rings. The maximum atomic E-state index is 10.3. The van der Waals surface area contributed by atoms with Crippen LogP contribution in [0, 0.1) is 45.8 Å². The molecule has 3 atom stereocenters. The van der Waals surface area contributed by atoms with Gasteiger partial charge in [-0.3, -0.25) is 0 Å². The molecule has 0 fully saturated rings. The lowest BCUT2D eigenvalue weighted by atomic mass is 9.84. The molecular weight excluding hydrogens is 623 g/mol. The normalized spacial score (nSPS) is 19.0. The topological polar surface area (TPSA) is 79.5 Å². The third kappa shape index (κ3) is 4.66. The summed E-state index contributed by atoms with van der Waals surface area (Å²) >= 11 is 0. The highest BCUT2D eigenvalue weighted by Gasteiger charge is 2.43. The number of anilines is 1. The van der Waals surface area contributed by atoms with Gasteiger partial charge in [0.2, 0.25) is 0 Å². The van der Waals surface area contributed by atoms with Gasteiger partial charge in [-0.15, -0.1) is 0 Å². The second-order valence-electron chi connectivity index (χ2n) is 13.5. The van der Waals surface area contributed by atoms with Crippen molar-refractivity contribution in [3.8, 4) is 46.1 Å². The molecule has 1 aromatic heterocycles. The van der Waals surface area contributed by atoms with E-state index in [2.05, 4.69) is 150 Å². The Bertz CT molecular complexity index is 2640. The van der Waals surface area contributed by atoms with Crippen LogP contribution in [0.15, 0.2) is 156 Å². The van der Waals surface area contributed by atoms with Crippen LogP contribution in [0.1, 0.15) is 24.5 Å². The summed E-state index contributed by atoms with van der Waals surface area (Å²) < 4.78 is 2.33. The molecule has 5 aromatic carbocycles. The molecule has 3 unspecified atom stereocenters. The largest absolute Gasteiger partial charge is 0.336 e. The first kappa shape index (κ1) is 30.2. The average molecular weight is 654 g/mol. The highest BCUT2D eigenvalue weighted by atomic mass is 15.2. The second-order valence-corrected chi connectivity index (χ2v) is 13.5. The Morgan fingerprint density at radius 3 is 2.08 bits per heavy atom. The van der Waals surface area contributed by atoms with Gasteiger partial charge in [0.05, 0.1) is 40.0 Å². The van der Waals surface area contributed by atoms with Crippen molar-refractivity contribution < 1.29 is 0 Å². The summed E-state index contributed by atoms with van der Waals surface area (Å²) in [5.74, 6) is 0.237. The van der Waals surface area contributed by atoms with Crippen LogP contribution >= 0.6 is 0 Å². The lowest BCUT2D eigenvalue weighted by molar-refractivity contribution is 0.637. The van der Waals surface area contributed by atoms with E-state index in [0.29, 0.717) is 16.7 Å². The van der Waals surface area contributed by atoms with Gasteiger partial charge in [0.15, 0.2) is 0 Å². The van der Waals surface area contributed by atoms with Crippen LogP contribution in [0.25, 0.3) is 49.7 Å². The van der Waals surface area contributed by atoms with Gasteiger partial charge < -0.3 is 9.47 Å². The quantitative estimate of drug-likeness (QED) is 0.190. The van der Waals surface area contributed by atoms with E-state index < -0.39 is 0 Å². The van der Waals surface area contributed by atoms with Crippen molar-refractivity contribution >= 4 is 27.5 Å². The summed E-state index contributed by atoms with van der Waals surface area (Å²) in [6, 6.07) is 44.7. The first-order valence-corrected chi connectivity index (χ1v) is 17.3. The minimum atomic E-state index is -0.0682. The van der Waals surface area contributed by atoms with Crippen molar-refractivity contribution in [2.24, 2.45) is 11.8 Å². The van der Waals surface area contributed by atoms with Gasteiger partial charge in [-0.2, -0.15) is 15.8 Å². The third-order valence-electron chi connectivity index (χ3n) is 10.6. The Kier molecular flexibility index (Phi) is 7.06. The smallest absolute Gasteiger partial charge is 0.101 e. The average Bonchev–Trinajstić information content (AvgIpc) is 3.71. The maximum Gasteiger partial charge on any atom is 0.101 e. The molecule has 0 bridgehead atoms. The molecule has 0 radical (unpaired) electrons. The number of fused-ring (bicyclic) bond motifs is 5. The number of nitrogens with zero attached hydrogens (tertiary/aromatic N) is 5. The molecule has 5 nitrogen and oxygen atoms in total. The Hall–Kier alpha value is -6.87. The summed E-state index contributed by atoms with van der Waals surface area (Å²) in [7, 11) is 0. The minimum Gasteiger partial charge on any atom is -0.336 e. The molecule has 0 spiro atoms. The number of hydrogen-bond donors (Lipinski definition) is 0. The fourth-order valence-electron chi connectivity index (χ4n) is 8.43. The summed E-state index contributed by atoms with van der Waals surface area (Å²) in [6.07, 6.45) is 11.4. The van der Waals surface area contributed by atoms with Gasteiger partial charge in [-0.25, -0.2) is 0 Å². The molecule has 5 heteroatoms. The molecule has 0 saturated heterocycles. The Labute approximate surface area is 296 Å². The summed E-state index contributed by atoms with van der Waals surface area (Å²) in [4.78, 5) is 2.37. The van der Waals surface area contributed by atoms with Crippen LogP contribution in [0.5, 0.6) is 0 Å². The predicted octanol–water partition coefficient (Wildman–Crippen LogP) is 10.5. The van der Waals surface area contributed by atoms with Crippen LogP contribution in [-0.4, -0.2) is 10.6 Å². The van der Waals surface area contributed by atoms with Gasteiger partial charge in [0.25, 0.3) is 0 Å². The fourth-order valence-corrected chi connectivity index (χ4v) is 8.43. The molecule has 1 aliphatic heterocycles. The molecule has 2 aliphatic carbocycles. The highest BCUT2D eigenvalue weighted by Crippen LogP contribution is 2.51. The monoisotopic (exact) mass is 653 g/mol. The Morgan fingerprint density at radius 1 is 0.667 bits per heavy atom. The van der Waals surface area contributed by atoms with E-state index in [0.717, 1.165) is 51.1 Å². The lowest BCUT2D eigenvalue weighted by Gasteiger charge is -2.35. The van der Waals surface area contributed by atoms with Crippen molar-refractivity contribution in [3.63, 3.8) is 0 Å². The van der Waals surface area contributed by atoms with Crippen LogP contribution in [0.2, 0.25) is 0 Å². The number of para-hydroxylation sites is 2. The van der Waals surface area contributed by atoms with Crippen LogP contribution < -0.4 is 4.90 Å². The molecule has 3 aliphatic rings. The first-order valence-electron chi connectivity index (χ1n) is 17.3. The Balaban J connectivity index is 1.26. The number of aromatic nitrogens is 1. The van der Waals surface area contributed by atoms with Crippen LogP contribution in [0.3, 0.4) is 0 Å². The zero-order valence-corrected chi connectivity index (χ0v) is 28.0. The molecule has 9 rings (SSSR count). The van der Waals surface area contributed by atoms with Crippen molar-refractivity contribution in [1.82, 2.24) is 4.57 Å². The van der Waals surface area contributed by atoms with Gasteiger partial charge in [-0.05, 0) is 71.2 Å². The molecule has 240 valence electrons. The summed E-state index contributed by atoms with van der Waals surface area (Å²) in [5, 5.41) is 32.7. The molecule has 0 amide bonds. The molecule has 51 heavy (non-hydrogen) atoms. The van der Waals surface area contributed by atoms with Crippen molar-refractivity contribution in [2.45, 2.75) is 19.4 Å². The zero-order valence-electron chi connectivity index (χ0n) is 28.0. The van der Waals surface area contributed by atoms with E-state index in [1.807, 2.05) is 24.3 Å². The van der Waals surface area contributed by atoms with E-state index >= 15 is 0 Å². The van der Waals surface area contributed by atoms with E-state index in [9.17, 15) is 15.8 Å². The number of benzene rings is 5. The number of rotatable bonds is 4. The third-order valence-corrected chi connectivity index (χ3v) is 10.6. The molecule has 0 saturated carbocycles. The Morgan fingerprint density at radius 2 is 1.35 bits per heavy atom. The van der Waals surface area contributed by atoms with Gasteiger partial charge in [0, 0.05) is 45.1 Å². The van der Waals surface area contributed by atoms with Crippen LogP contribution in [-0.2, 0) is 0 Å². The van der Waals surface area contributed by atoms with E-state index in [1.54, 1.807) is 0 Å². The highest BCUT2D eigenvalue weighted by molar-refractivity contribution is 6.09. The van der Waals surface area contributed by atoms with Gasteiger partial charge in [-0.1, -0.05) is 104 Å². The summed E-state index contributed by atoms with van der Waals surface area (Å²) in [6.45, 7) is 2.24. The van der Waals surface area contributed by atoms with Gasteiger partial charge >= 0.3 is 0 Å². The maximum absolute atomic E-state index is 10.3. The van der Waals surface area contributed by atoms with Gasteiger partial charge in [0.1, 0.15) is 12.1 Å². The van der Waals surface area contributed by atoms with E-state index in [-0.39, 0.29) is 17.9 Å². The lowest BCUT2D eigenvalue weighted by Crippen LogP contribution is -2.35. The standard InChI is InChI=1S/C46H31N5/c1-29-10-8-17-39-40-22-30(26-47)20-21-44(40)51(46(29)39)45-25-33(28-49)32(27-48)24-41(45)36-14-3-2-13-35(36)31-11-9-12-34(23-31)50-42-18-6-4-15-37(42)38-16-5-7-19-43(38)50/h2-9,11-25,29,40,44H,10H2,1H3. The molecule has 2 heterocycles. The number of allylic oxidation sites excluding steroid dienone is 5. The first-order chi connectivity index (χ1) is 25.1. The molecule has 0 N–H and O–H groups in total. The van der Waals surface area contributed by atoms with Crippen molar-refractivity contribution in [3.05, 3.63) is 168 Å². The van der Waals surface area contributed by atoms with E-state index in [4.69, 9.17) is 0 Å². The van der Waals surface area contributed by atoms with E-state index in [1.165, 1.54) is 22.0 Å².